The van der Waals surface area contributed by atoms with Gasteiger partial charge in [-0.05, 0) is 6.07 Å². The van der Waals surface area contributed by atoms with Crippen LogP contribution in [0.4, 0.5) is 11.4 Å². The Hall–Kier alpha value is -4.41. The van der Waals surface area contributed by atoms with Gasteiger partial charge in [0.2, 0.25) is 0 Å². The van der Waals surface area contributed by atoms with Crippen LogP contribution in [0.3, 0.4) is 0 Å². The van der Waals surface area contributed by atoms with E-state index >= 15 is 0 Å². The topological polar surface area (TPSA) is 156 Å². The first-order chi connectivity index (χ1) is 13.4. The zero-order valence-electron chi connectivity index (χ0n) is 14.1. The monoisotopic (exact) mass is 380 g/mol. The fourth-order valence-electron chi connectivity index (χ4n) is 2.31. The van der Waals surface area contributed by atoms with Crippen LogP contribution in [-0.4, -0.2) is 32.2 Å². The second-order valence-corrected chi connectivity index (χ2v) is 5.53. The van der Waals surface area contributed by atoms with E-state index in [9.17, 15) is 25.0 Å². The van der Waals surface area contributed by atoms with Crippen molar-refractivity contribution in [3.63, 3.8) is 0 Å². The van der Waals surface area contributed by atoms with Crippen LogP contribution in [-0.2, 0) is 0 Å². The summed E-state index contributed by atoms with van der Waals surface area (Å²) in [6.07, 6.45) is 1.27. The van der Waals surface area contributed by atoms with Gasteiger partial charge in [-0.2, -0.15) is 10.2 Å². The smallest absolute Gasteiger partial charge is 0.272 e. The van der Waals surface area contributed by atoms with Crippen LogP contribution in [0.2, 0.25) is 0 Å². The average molecular weight is 380 g/mol. The van der Waals surface area contributed by atoms with Crippen molar-refractivity contribution in [3.05, 3.63) is 86.1 Å². The van der Waals surface area contributed by atoms with Gasteiger partial charge in [0.15, 0.2) is 0 Å². The van der Waals surface area contributed by atoms with Crippen LogP contribution in [0.1, 0.15) is 16.1 Å². The molecule has 28 heavy (non-hydrogen) atoms. The number of aromatic nitrogens is 2. The summed E-state index contributed by atoms with van der Waals surface area (Å²) in [5, 5.41) is 31.8. The second-order valence-electron chi connectivity index (χ2n) is 5.53. The van der Waals surface area contributed by atoms with E-state index in [0.717, 1.165) is 0 Å². The van der Waals surface area contributed by atoms with Crippen molar-refractivity contribution in [1.82, 2.24) is 15.6 Å². The Bertz CT molecular complexity index is 1090. The first kappa shape index (κ1) is 18.4. The van der Waals surface area contributed by atoms with E-state index in [2.05, 4.69) is 20.7 Å². The maximum Gasteiger partial charge on any atom is 0.289 e. The average Bonchev–Trinajstić information content (AvgIpc) is 3.18. The first-order valence-corrected chi connectivity index (χ1v) is 7.82. The van der Waals surface area contributed by atoms with Crippen LogP contribution in [0.15, 0.2) is 59.7 Å². The van der Waals surface area contributed by atoms with Gasteiger partial charge >= 0.3 is 0 Å². The summed E-state index contributed by atoms with van der Waals surface area (Å²) in [4.78, 5) is 32.7. The van der Waals surface area contributed by atoms with Gasteiger partial charge in [-0.15, -0.1) is 0 Å². The van der Waals surface area contributed by atoms with E-state index in [1.165, 1.54) is 48.7 Å². The largest absolute Gasteiger partial charge is 0.289 e. The molecule has 0 spiro atoms. The van der Waals surface area contributed by atoms with Crippen LogP contribution >= 0.6 is 0 Å². The maximum atomic E-state index is 12.1. The van der Waals surface area contributed by atoms with Crippen LogP contribution in [0.25, 0.3) is 11.3 Å². The van der Waals surface area contributed by atoms with Gasteiger partial charge in [0.25, 0.3) is 17.3 Å². The summed E-state index contributed by atoms with van der Waals surface area (Å²) in [7, 11) is 0. The molecule has 140 valence electrons. The second kappa shape index (κ2) is 7.86. The molecule has 0 fully saturated rings. The molecule has 0 bridgehead atoms. The Morgan fingerprint density at radius 3 is 2.43 bits per heavy atom. The lowest BCUT2D eigenvalue weighted by atomic mass is 10.1. The zero-order valence-corrected chi connectivity index (χ0v) is 14.1. The summed E-state index contributed by atoms with van der Waals surface area (Å²) in [6, 6.07) is 13.0. The predicted molar refractivity (Wildman–Crippen MR) is 98.8 cm³/mol. The third-order valence-electron chi connectivity index (χ3n) is 3.64. The highest BCUT2D eigenvalue weighted by Crippen LogP contribution is 2.22. The molecule has 0 saturated carbocycles. The molecule has 3 rings (SSSR count). The number of hydrazone groups is 1. The van der Waals surface area contributed by atoms with Crippen LogP contribution in [0, 0.1) is 20.2 Å². The summed E-state index contributed by atoms with van der Waals surface area (Å²) in [5.74, 6) is -0.592. The summed E-state index contributed by atoms with van der Waals surface area (Å²) < 4.78 is 0. The minimum absolute atomic E-state index is 0.0898. The molecule has 0 unspecified atom stereocenters. The molecule has 2 N–H and O–H groups in total. The number of H-pyrrole nitrogens is 1. The Labute approximate surface area is 157 Å². The fourth-order valence-corrected chi connectivity index (χ4v) is 2.31. The third-order valence-corrected chi connectivity index (χ3v) is 3.64. The van der Waals surface area contributed by atoms with Gasteiger partial charge in [0.05, 0.1) is 21.8 Å². The van der Waals surface area contributed by atoms with Crippen LogP contribution in [0.5, 0.6) is 0 Å². The highest BCUT2D eigenvalue weighted by Gasteiger charge is 2.13. The lowest BCUT2D eigenvalue weighted by molar-refractivity contribution is -0.385. The van der Waals surface area contributed by atoms with Gasteiger partial charge in [0, 0.05) is 35.4 Å². The van der Waals surface area contributed by atoms with E-state index in [1.54, 1.807) is 12.1 Å². The number of rotatable bonds is 6. The number of hydrogen-bond donors (Lipinski definition) is 2. The Morgan fingerprint density at radius 2 is 1.71 bits per heavy atom. The number of amides is 1. The van der Waals surface area contributed by atoms with Gasteiger partial charge in [-0.1, -0.05) is 24.3 Å². The Morgan fingerprint density at radius 1 is 1.04 bits per heavy atom. The van der Waals surface area contributed by atoms with Gasteiger partial charge in [0.1, 0.15) is 5.69 Å². The number of hydrogen-bond acceptors (Lipinski definition) is 7. The molecule has 1 amide bonds. The standard InChI is InChI=1S/C17H12N6O5/c24-17(21-18-10-11-3-1-5-13(7-11)22(25)26)16-9-15(19-20-16)12-4-2-6-14(8-12)23(27)28/h1-10H,(H,19,20)(H,21,24). The zero-order chi connectivity index (χ0) is 20.1. The van der Waals surface area contributed by atoms with Crippen molar-refractivity contribution in [2.24, 2.45) is 5.10 Å². The molecule has 3 aromatic rings. The number of aromatic amines is 1. The number of nitrogens with one attached hydrogen (secondary N) is 2. The number of carbonyl (C=O) groups excluding carboxylic acids is 1. The molecule has 11 nitrogen and oxygen atoms in total. The number of nitro benzene ring substituents is 2. The predicted octanol–water partition coefficient (Wildman–Crippen LogP) is 2.66. The van der Waals surface area contributed by atoms with E-state index in [1.807, 2.05) is 0 Å². The number of benzene rings is 2. The minimum Gasteiger partial charge on any atom is -0.272 e. The quantitative estimate of drug-likeness (QED) is 0.380. The Kier molecular flexibility index (Phi) is 5.16. The molecule has 0 aliphatic rings. The van der Waals surface area contributed by atoms with E-state index < -0.39 is 15.8 Å². The molecule has 0 atom stereocenters. The third kappa shape index (κ3) is 4.22. The van der Waals surface area contributed by atoms with Crippen LogP contribution < -0.4 is 5.43 Å². The summed E-state index contributed by atoms with van der Waals surface area (Å²) in [6.45, 7) is 0. The van der Waals surface area contributed by atoms with E-state index in [4.69, 9.17) is 0 Å². The number of non-ortho nitro benzene ring substituents is 2. The number of carbonyl (C=O) groups is 1. The molecule has 1 heterocycles. The SMILES string of the molecule is O=C(NN=Cc1cccc([N+](=O)[O-])c1)c1cc(-c2cccc([N+](=O)[O-])c2)n[nH]1. The molecule has 11 heteroatoms. The molecule has 2 aromatic carbocycles. The van der Waals surface area contributed by atoms with Gasteiger partial charge < -0.3 is 0 Å². The van der Waals surface area contributed by atoms with Crippen molar-refractivity contribution in [2.45, 2.75) is 0 Å². The Balaban J connectivity index is 1.69. The van der Waals surface area contributed by atoms with Crippen molar-refractivity contribution >= 4 is 23.5 Å². The van der Waals surface area contributed by atoms with Crippen molar-refractivity contribution < 1.29 is 14.6 Å². The van der Waals surface area contributed by atoms with Gasteiger partial charge in [-0.25, -0.2) is 5.43 Å². The minimum atomic E-state index is -0.592. The summed E-state index contributed by atoms with van der Waals surface area (Å²) >= 11 is 0. The summed E-state index contributed by atoms with van der Waals surface area (Å²) in [5.41, 5.74) is 3.46. The lowest BCUT2D eigenvalue weighted by Crippen LogP contribution is -2.18. The maximum absolute atomic E-state index is 12.1. The molecule has 0 aliphatic heterocycles. The molecule has 1 aromatic heterocycles. The molecular formula is C17H12N6O5. The lowest BCUT2D eigenvalue weighted by Gasteiger charge is -1.97. The molecule has 0 saturated heterocycles. The molecule has 0 aliphatic carbocycles. The normalized spacial score (nSPS) is 10.7. The van der Waals surface area contributed by atoms with Crippen molar-refractivity contribution in [1.29, 1.82) is 0 Å². The van der Waals surface area contributed by atoms with E-state index in [-0.39, 0.29) is 17.1 Å². The highest BCUT2D eigenvalue weighted by molar-refractivity contribution is 5.94. The highest BCUT2D eigenvalue weighted by atomic mass is 16.6. The van der Waals surface area contributed by atoms with E-state index in [0.29, 0.717) is 16.8 Å². The molecule has 0 radical (unpaired) electrons. The number of nitro groups is 2. The molecular weight excluding hydrogens is 368 g/mol. The van der Waals surface area contributed by atoms with Crippen molar-refractivity contribution in [2.75, 3.05) is 0 Å². The van der Waals surface area contributed by atoms with Gasteiger partial charge in [-0.3, -0.25) is 30.1 Å². The van der Waals surface area contributed by atoms with Crippen molar-refractivity contribution in [3.8, 4) is 11.3 Å². The number of nitrogens with zero attached hydrogens (tertiary/aromatic N) is 4. The first-order valence-electron chi connectivity index (χ1n) is 7.82. The fraction of sp³-hybridized carbons (Fsp3) is 0.